The SMILES string of the molecule is CCCCCNC(=NC)NCCN1CCC(C)CC1.I. The van der Waals surface area contributed by atoms with E-state index in [9.17, 15) is 0 Å². The van der Waals surface area contributed by atoms with Gasteiger partial charge >= 0.3 is 0 Å². The summed E-state index contributed by atoms with van der Waals surface area (Å²) in [4.78, 5) is 6.81. The molecule has 0 aromatic carbocycles. The second kappa shape index (κ2) is 12.7. The van der Waals surface area contributed by atoms with E-state index >= 15 is 0 Å². The van der Waals surface area contributed by atoms with Crippen LogP contribution in [0.4, 0.5) is 0 Å². The fourth-order valence-electron chi connectivity index (χ4n) is 2.42. The Labute approximate surface area is 142 Å². The Morgan fingerprint density at radius 1 is 1.15 bits per heavy atom. The first-order chi connectivity index (χ1) is 9.26. The largest absolute Gasteiger partial charge is 0.356 e. The van der Waals surface area contributed by atoms with Crippen molar-refractivity contribution in [1.82, 2.24) is 15.5 Å². The third-order valence-electron chi connectivity index (χ3n) is 3.89. The third kappa shape index (κ3) is 9.00. The molecule has 1 rings (SSSR count). The van der Waals surface area contributed by atoms with Gasteiger partial charge in [-0.05, 0) is 38.3 Å². The molecular weight excluding hydrogens is 363 g/mol. The van der Waals surface area contributed by atoms with Gasteiger partial charge in [-0.2, -0.15) is 0 Å². The van der Waals surface area contributed by atoms with Gasteiger partial charge in [-0.25, -0.2) is 0 Å². The quantitative estimate of drug-likeness (QED) is 0.301. The molecule has 2 N–H and O–H groups in total. The molecular formula is C15H33IN4. The number of unbranched alkanes of at least 4 members (excludes halogenated alkanes) is 2. The summed E-state index contributed by atoms with van der Waals surface area (Å²) in [5.74, 6) is 1.86. The van der Waals surface area contributed by atoms with Gasteiger partial charge in [0.1, 0.15) is 0 Å². The van der Waals surface area contributed by atoms with Crippen LogP contribution >= 0.6 is 24.0 Å². The zero-order valence-corrected chi connectivity index (χ0v) is 15.8. The maximum absolute atomic E-state index is 4.26. The average molecular weight is 396 g/mol. The van der Waals surface area contributed by atoms with Crippen molar-refractivity contribution < 1.29 is 0 Å². The molecule has 0 amide bonds. The lowest BCUT2D eigenvalue weighted by atomic mass is 9.99. The molecule has 0 bridgehead atoms. The van der Waals surface area contributed by atoms with Crippen LogP contribution in [0.1, 0.15) is 46.0 Å². The van der Waals surface area contributed by atoms with Gasteiger partial charge in [0, 0.05) is 26.7 Å². The smallest absolute Gasteiger partial charge is 0.191 e. The molecule has 0 radical (unpaired) electrons. The molecule has 1 heterocycles. The second-order valence-corrected chi connectivity index (χ2v) is 5.66. The summed E-state index contributed by atoms with van der Waals surface area (Å²) in [7, 11) is 1.84. The minimum absolute atomic E-state index is 0. The van der Waals surface area contributed by atoms with E-state index in [1.165, 1.54) is 45.2 Å². The van der Waals surface area contributed by atoms with Crippen molar-refractivity contribution in [3.8, 4) is 0 Å². The number of guanidine groups is 1. The van der Waals surface area contributed by atoms with Gasteiger partial charge in [0.25, 0.3) is 0 Å². The van der Waals surface area contributed by atoms with E-state index in [-0.39, 0.29) is 24.0 Å². The van der Waals surface area contributed by atoms with E-state index in [0.29, 0.717) is 0 Å². The van der Waals surface area contributed by atoms with Crippen LogP contribution in [0.15, 0.2) is 4.99 Å². The van der Waals surface area contributed by atoms with Crippen molar-refractivity contribution in [3.63, 3.8) is 0 Å². The number of hydrogen-bond donors (Lipinski definition) is 2. The van der Waals surface area contributed by atoms with E-state index in [1.807, 2.05) is 7.05 Å². The van der Waals surface area contributed by atoms with Crippen molar-refractivity contribution in [3.05, 3.63) is 0 Å². The predicted molar refractivity (Wildman–Crippen MR) is 99.1 cm³/mol. The zero-order chi connectivity index (χ0) is 13.9. The number of aliphatic imine (C=N–C) groups is 1. The third-order valence-corrected chi connectivity index (χ3v) is 3.89. The number of piperidine rings is 1. The molecule has 0 unspecified atom stereocenters. The Morgan fingerprint density at radius 2 is 1.80 bits per heavy atom. The Balaban J connectivity index is 0.00000361. The summed E-state index contributed by atoms with van der Waals surface area (Å²) >= 11 is 0. The molecule has 5 heteroatoms. The zero-order valence-electron chi connectivity index (χ0n) is 13.5. The van der Waals surface area contributed by atoms with Gasteiger partial charge < -0.3 is 15.5 Å². The van der Waals surface area contributed by atoms with Crippen LogP contribution in [0.5, 0.6) is 0 Å². The predicted octanol–water partition coefficient (Wildman–Crippen LogP) is 2.69. The van der Waals surface area contributed by atoms with Crippen molar-refractivity contribution in [2.45, 2.75) is 46.0 Å². The first kappa shape index (κ1) is 20.0. The molecule has 1 fully saturated rings. The van der Waals surface area contributed by atoms with Crippen LogP contribution in [0.3, 0.4) is 0 Å². The maximum atomic E-state index is 4.26. The summed E-state index contributed by atoms with van der Waals surface area (Å²) in [6.07, 6.45) is 6.48. The molecule has 1 aliphatic heterocycles. The van der Waals surface area contributed by atoms with Crippen LogP contribution in [0.25, 0.3) is 0 Å². The van der Waals surface area contributed by atoms with Crippen LogP contribution in [-0.4, -0.2) is 50.6 Å². The fourth-order valence-corrected chi connectivity index (χ4v) is 2.42. The standard InChI is InChI=1S/C15H32N4.HI/c1-4-5-6-9-17-15(16-3)18-10-13-19-11-7-14(2)8-12-19;/h14H,4-13H2,1-3H3,(H2,16,17,18);1H. The van der Waals surface area contributed by atoms with Gasteiger partial charge in [-0.3, -0.25) is 4.99 Å². The molecule has 0 aliphatic carbocycles. The summed E-state index contributed by atoms with van der Waals surface area (Å²) in [5, 5.41) is 6.77. The minimum atomic E-state index is 0. The van der Waals surface area contributed by atoms with E-state index in [4.69, 9.17) is 0 Å². The monoisotopic (exact) mass is 396 g/mol. The highest BCUT2D eigenvalue weighted by Crippen LogP contribution is 2.14. The van der Waals surface area contributed by atoms with E-state index < -0.39 is 0 Å². The van der Waals surface area contributed by atoms with Crippen molar-refractivity contribution in [2.75, 3.05) is 39.8 Å². The average Bonchev–Trinajstić information content (AvgIpc) is 2.43. The first-order valence-corrected chi connectivity index (χ1v) is 7.93. The van der Waals surface area contributed by atoms with Crippen molar-refractivity contribution in [2.24, 2.45) is 10.9 Å². The molecule has 0 aromatic rings. The molecule has 0 saturated carbocycles. The van der Waals surface area contributed by atoms with Gasteiger partial charge in [0.05, 0.1) is 0 Å². The van der Waals surface area contributed by atoms with Crippen LogP contribution in [0.2, 0.25) is 0 Å². The Bertz CT molecular complexity index is 250. The number of likely N-dealkylation sites (tertiary alicyclic amines) is 1. The Kier molecular flexibility index (Phi) is 12.7. The lowest BCUT2D eigenvalue weighted by Gasteiger charge is -2.30. The van der Waals surface area contributed by atoms with Gasteiger partial charge in [-0.15, -0.1) is 24.0 Å². The Morgan fingerprint density at radius 3 is 2.40 bits per heavy atom. The minimum Gasteiger partial charge on any atom is -0.356 e. The first-order valence-electron chi connectivity index (χ1n) is 7.93. The summed E-state index contributed by atoms with van der Waals surface area (Å²) in [5.41, 5.74) is 0. The van der Waals surface area contributed by atoms with Crippen molar-refractivity contribution >= 4 is 29.9 Å². The van der Waals surface area contributed by atoms with E-state index in [1.54, 1.807) is 0 Å². The van der Waals surface area contributed by atoms with E-state index in [0.717, 1.165) is 31.5 Å². The molecule has 1 aliphatic rings. The Hall–Kier alpha value is -0.0400. The van der Waals surface area contributed by atoms with Gasteiger partial charge in [-0.1, -0.05) is 26.7 Å². The van der Waals surface area contributed by atoms with Gasteiger partial charge in [0.15, 0.2) is 5.96 Å². The van der Waals surface area contributed by atoms with Crippen LogP contribution in [-0.2, 0) is 0 Å². The summed E-state index contributed by atoms with van der Waals surface area (Å²) in [6.45, 7) is 10.2. The molecule has 120 valence electrons. The molecule has 0 aromatic heterocycles. The molecule has 4 nitrogen and oxygen atoms in total. The highest BCUT2D eigenvalue weighted by molar-refractivity contribution is 14.0. The number of nitrogens with one attached hydrogen (secondary N) is 2. The summed E-state index contributed by atoms with van der Waals surface area (Å²) < 4.78 is 0. The maximum Gasteiger partial charge on any atom is 0.191 e. The lowest BCUT2D eigenvalue weighted by molar-refractivity contribution is 0.195. The fraction of sp³-hybridized carbons (Fsp3) is 0.933. The molecule has 20 heavy (non-hydrogen) atoms. The second-order valence-electron chi connectivity index (χ2n) is 5.66. The van der Waals surface area contributed by atoms with Gasteiger partial charge in [0.2, 0.25) is 0 Å². The number of halogens is 1. The highest BCUT2D eigenvalue weighted by atomic mass is 127. The van der Waals surface area contributed by atoms with Crippen molar-refractivity contribution in [1.29, 1.82) is 0 Å². The van der Waals surface area contributed by atoms with E-state index in [2.05, 4.69) is 34.4 Å². The number of hydrogen-bond acceptors (Lipinski definition) is 2. The normalized spacial score (nSPS) is 17.6. The topological polar surface area (TPSA) is 39.7 Å². The highest BCUT2D eigenvalue weighted by Gasteiger charge is 2.14. The van der Waals surface area contributed by atoms with Crippen LogP contribution < -0.4 is 10.6 Å². The molecule has 0 atom stereocenters. The van der Waals surface area contributed by atoms with Crippen LogP contribution in [0, 0.1) is 5.92 Å². The number of nitrogens with zero attached hydrogens (tertiary/aromatic N) is 2. The lowest BCUT2D eigenvalue weighted by Crippen LogP contribution is -2.43. The summed E-state index contributed by atoms with van der Waals surface area (Å²) in [6, 6.07) is 0. The number of rotatable bonds is 7. The molecule has 1 saturated heterocycles. The molecule has 0 spiro atoms.